The van der Waals surface area contributed by atoms with Gasteiger partial charge in [0, 0.05) is 19.6 Å². The summed E-state index contributed by atoms with van der Waals surface area (Å²) < 4.78 is 21.2. The van der Waals surface area contributed by atoms with E-state index in [1.54, 1.807) is 25.4 Å². The molecule has 1 aliphatic heterocycles. The molecule has 196 valence electrons. The summed E-state index contributed by atoms with van der Waals surface area (Å²) in [5.74, 6) is 0.891. The molecule has 0 unspecified atom stereocenters. The maximum Gasteiger partial charge on any atom is 0.339 e. The predicted octanol–water partition coefficient (Wildman–Crippen LogP) is 4.06. The summed E-state index contributed by atoms with van der Waals surface area (Å²) in [5, 5.41) is 13.2. The van der Waals surface area contributed by atoms with E-state index in [1.807, 2.05) is 48.5 Å². The van der Waals surface area contributed by atoms with Crippen molar-refractivity contribution in [2.75, 3.05) is 27.9 Å². The van der Waals surface area contributed by atoms with Crippen LogP contribution in [-0.4, -0.2) is 61.8 Å². The largest absolute Gasteiger partial charge is 0.497 e. The van der Waals surface area contributed by atoms with E-state index in [1.165, 1.54) is 7.11 Å². The summed E-state index contributed by atoms with van der Waals surface area (Å²) in [5.41, 5.74) is 0.306. The van der Waals surface area contributed by atoms with E-state index in [9.17, 15) is 9.90 Å². The Kier molecular flexibility index (Phi) is 10.3. The number of carbonyl (C=O) groups is 1. The van der Waals surface area contributed by atoms with E-state index in [4.69, 9.17) is 23.8 Å². The molecule has 0 amide bonds. The third-order valence-electron chi connectivity index (χ3n) is 6.43. The van der Waals surface area contributed by atoms with Crippen LogP contribution >= 0.6 is 0 Å². The smallest absolute Gasteiger partial charge is 0.339 e. The number of aliphatic hydroxyl groups is 1. The third kappa shape index (κ3) is 7.07. The van der Waals surface area contributed by atoms with Crippen molar-refractivity contribution in [2.24, 2.45) is 0 Å². The summed E-state index contributed by atoms with van der Waals surface area (Å²) in [6, 6.07) is 14.8. The van der Waals surface area contributed by atoms with Gasteiger partial charge in [0.2, 0.25) is 0 Å². The average Bonchev–Trinajstić information content (AvgIpc) is 2.91. The Morgan fingerprint density at radius 3 is 2.22 bits per heavy atom. The lowest BCUT2D eigenvalue weighted by Crippen LogP contribution is -2.63. The van der Waals surface area contributed by atoms with Gasteiger partial charge in [-0.05, 0) is 54.7 Å². The first-order valence-corrected chi connectivity index (χ1v) is 12.1. The SMILES string of the molecule is C=C[C@H]1C[C@@](O)(C(=O)OC)[C@@H](CCCCOCc2ccc(OC)cc2)N(Cc2ccc(OC)cc2)O1. The van der Waals surface area contributed by atoms with Crippen molar-refractivity contribution in [1.29, 1.82) is 0 Å². The van der Waals surface area contributed by atoms with Crippen LogP contribution in [0.1, 0.15) is 36.8 Å². The number of carbonyl (C=O) groups excluding carboxylic acids is 1. The topological polar surface area (TPSA) is 86.7 Å². The zero-order valence-electron chi connectivity index (χ0n) is 21.4. The Morgan fingerprint density at radius 2 is 1.67 bits per heavy atom. The summed E-state index contributed by atoms with van der Waals surface area (Å²) in [6.45, 7) is 5.25. The molecular formula is C28H37NO7. The second-order valence-corrected chi connectivity index (χ2v) is 8.84. The van der Waals surface area contributed by atoms with E-state index in [0.717, 1.165) is 35.5 Å². The van der Waals surface area contributed by atoms with Crippen LogP contribution in [0.2, 0.25) is 0 Å². The van der Waals surface area contributed by atoms with Crippen LogP contribution < -0.4 is 9.47 Å². The van der Waals surface area contributed by atoms with Crippen molar-refractivity contribution in [3.63, 3.8) is 0 Å². The van der Waals surface area contributed by atoms with Crippen molar-refractivity contribution in [3.8, 4) is 11.5 Å². The minimum absolute atomic E-state index is 0.0842. The average molecular weight is 500 g/mol. The maximum absolute atomic E-state index is 12.7. The first-order chi connectivity index (χ1) is 17.4. The van der Waals surface area contributed by atoms with Gasteiger partial charge in [-0.2, -0.15) is 5.06 Å². The van der Waals surface area contributed by atoms with Gasteiger partial charge >= 0.3 is 5.97 Å². The fraction of sp³-hybridized carbons (Fsp3) is 0.464. The van der Waals surface area contributed by atoms with E-state index < -0.39 is 23.7 Å². The third-order valence-corrected chi connectivity index (χ3v) is 6.43. The molecule has 0 aromatic heterocycles. The van der Waals surface area contributed by atoms with Crippen molar-refractivity contribution in [3.05, 3.63) is 72.3 Å². The summed E-state index contributed by atoms with van der Waals surface area (Å²) >= 11 is 0. The highest BCUT2D eigenvalue weighted by Crippen LogP contribution is 2.35. The van der Waals surface area contributed by atoms with Crippen molar-refractivity contribution >= 4 is 5.97 Å². The molecule has 1 fully saturated rings. The van der Waals surface area contributed by atoms with Gasteiger partial charge in [-0.3, -0.25) is 4.84 Å². The quantitative estimate of drug-likeness (QED) is 0.251. The van der Waals surface area contributed by atoms with Crippen LogP contribution in [0.25, 0.3) is 0 Å². The van der Waals surface area contributed by atoms with Gasteiger partial charge in [-0.15, -0.1) is 6.58 Å². The Morgan fingerprint density at radius 1 is 1.06 bits per heavy atom. The minimum Gasteiger partial charge on any atom is -0.497 e. The minimum atomic E-state index is -1.72. The zero-order chi connectivity index (χ0) is 26.0. The van der Waals surface area contributed by atoms with Crippen molar-refractivity contribution in [1.82, 2.24) is 5.06 Å². The van der Waals surface area contributed by atoms with Gasteiger partial charge in [0.25, 0.3) is 0 Å². The molecule has 1 heterocycles. The maximum atomic E-state index is 12.7. The summed E-state index contributed by atoms with van der Waals surface area (Å²) in [7, 11) is 4.54. The number of esters is 1. The molecule has 3 rings (SSSR count). The fourth-order valence-corrected chi connectivity index (χ4v) is 4.38. The number of unbranched alkanes of at least 4 members (excludes halogenated alkanes) is 1. The number of hydrogen-bond acceptors (Lipinski definition) is 8. The summed E-state index contributed by atoms with van der Waals surface area (Å²) in [6.07, 6.45) is 3.19. The Labute approximate surface area is 213 Å². The molecule has 0 bridgehead atoms. The van der Waals surface area contributed by atoms with Crippen LogP contribution in [0.5, 0.6) is 11.5 Å². The van der Waals surface area contributed by atoms with Gasteiger partial charge in [-0.1, -0.05) is 30.3 Å². The fourth-order valence-electron chi connectivity index (χ4n) is 4.38. The van der Waals surface area contributed by atoms with Gasteiger partial charge in [0.05, 0.1) is 34.0 Å². The number of rotatable bonds is 13. The second kappa shape index (κ2) is 13.4. The normalized spacial score (nSPS) is 22.1. The molecule has 0 spiro atoms. The van der Waals surface area contributed by atoms with Crippen molar-refractivity contribution < 1.29 is 33.7 Å². The number of hydrogen-bond donors (Lipinski definition) is 1. The lowest BCUT2D eigenvalue weighted by molar-refractivity contribution is -0.294. The lowest BCUT2D eigenvalue weighted by atomic mass is 9.83. The number of hydroxylamine groups is 2. The molecule has 0 radical (unpaired) electrons. The highest BCUT2D eigenvalue weighted by Gasteiger charge is 2.53. The predicted molar refractivity (Wildman–Crippen MR) is 135 cm³/mol. The highest BCUT2D eigenvalue weighted by atomic mass is 16.7. The lowest BCUT2D eigenvalue weighted by Gasteiger charge is -2.47. The molecule has 2 aromatic carbocycles. The molecule has 0 saturated carbocycles. The molecule has 36 heavy (non-hydrogen) atoms. The van der Waals surface area contributed by atoms with Crippen LogP contribution in [0.3, 0.4) is 0 Å². The number of methoxy groups -OCH3 is 3. The second-order valence-electron chi connectivity index (χ2n) is 8.84. The van der Waals surface area contributed by atoms with E-state index in [2.05, 4.69) is 6.58 Å². The van der Waals surface area contributed by atoms with Gasteiger partial charge in [-0.25, -0.2) is 4.79 Å². The molecule has 1 saturated heterocycles. The molecule has 1 N–H and O–H groups in total. The van der Waals surface area contributed by atoms with E-state index in [-0.39, 0.29) is 6.42 Å². The van der Waals surface area contributed by atoms with Crippen molar-refractivity contribution in [2.45, 2.75) is 56.6 Å². The molecular weight excluding hydrogens is 462 g/mol. The van der Waals surface area contributed by atoms with Crippen LogP contribution in [-0.2, 0) is 32.3 Å². The first kappa shape index (κ1) is 27.7. The molecule has 0 aliphatic carbocycles. The van der Waals surface area contributed by atoms with Gasteiger partial charge in [0.1, 0.15) is 17.6 Å². The number of benzene rings is 2. The highest BCUT2D eigenvalue weighted by molar-refractivity contribution is 5.80. The number of nitrogens with zero attached hydrogens (tertiary/aromatic N) is 1. The van der Waals surface area contributed by atoms with Gasteiger partial charge in [0.15, 0.2) is 5.60 Å². The van der Waals surface area contributed by atoms with Crippen LogP contribution in [0.15, 0.2) is 61.2 Å². The molecule has 8 nitrogen and oxygen atoms in total. The van der Waals surface area contributed by atoms with E-state index >= 15 is 0 Å². The Hall–Kier alpha value is -2.91. The van der Waals surface area contributed by atoms with Crippen LogP contribution in [0, 0.1) is 0 Å². The summed E-state index contributed by atoms with van der Waals surface area (Å²) in [4.78, 5) is 18.9. The molecule has 3 atom stereocenters. The first-order valence-electron chi connectivity index (χ1n) is 12.1. The monoisotopic (exact) mass is 499 g/mol. The molecule has 1 aliphatic rings. The molecule has 2 aromatic rings. The number of ether oxygens (including phenoxy) is 4. The Bertz CT molecular complexity index is 963. The van der Waals surface area contributed by atoms with E-state index in [0.29, 0.717) is 26.2 Å². The van der Waals surface area contributed by atoms with Gasteiger partial charge < -0.3 is 24.1 Å². The Balaban J connectivity index is 1.63. The zero-order valence-corrected chi connectivity index (χ0v) is 21.4. The standard InChI is InChI=1S/C28H37NO7/c1-5-23-18-28(31,27(30)34-4)26(29(36-23)19-21-9-13-24(32-2)14-10-21)8-6-7-17-35-20-22-11-15-25(33-3)16-12-22/h5,9-16,23,26,31H,1,6-8,17-20H2,2-4H3/t23-,26+,28-/m0/s1. The van der Waals surface area contributed by atoms with Crippen LogP contribution in [0.4, 0.5) is 0 Å². The molecule has 8 heteroatoms.